The van der Waals surface area contributed by atoms with Crippen LogP contribution in [0.15, 0.2) is 54.6 Å². The molecule has 1 amide bonds. The van der Waals surface area contributed by atoms with Gasteiger partial charge < -0.3 is 5.32 Å². The summed E-state index contributed by atoms with van der Waals surface area (Å²) in [5, 5.41) is 3.28. The molecule has 1 atom stereocenters. The molecule has 24 heavy (non-hydrogen) atoms. The van der Waals surface area contributed by atoms with Crippen molar-refractivity contribution in [1.82, 2.24) is 5.32 Å². The van der Waals surface area contributed by atoms with Crippen molar-refractivity contribution in [2.75, 3.05) is 0 Å². The second kappa shape index (κ2) is 7.21. The molecule has 0 aliphatic heterocycles. The monoisotopic (exact) mass is 321 g/mol. The number of carbonyl (C=O) groups is 1. The van der Waals surface area contributed by atoms with E-state index in [2.05, 4.69) is 55.6 Å². The molecule has 1 aliphatic rings. The van der Waals surface area contributed by atoms with Gasteiger partial charge in [0.2, 0.25) is 5.91 Å². The average Bonchev–Trinajstić information content (AvgIpc) is 3.13. The van der Waals surface area contributed by atoms with Crippen molar-refractivity contribution in [3.05, 3.63) is 71.3 Å². The average molecular weight is 321 g/mol. The molecule has 3 rings (SSSR count). The second-order valence-electron chi connectivity index (χ2n) is 6.95. The third-order valence-corrected chi connectivity index (χ3v) is 5.45. The molecule has 0 bridgehead atoms. The summed E-state index contributed by atoms with van der Waals surface area (Å²) in [5.74, 6) is 0.179. The van der Waals surface area contributed by atoms with Crippen LogP contribution < -0.4 is 5.32 Å². The van der Waals surface area contributed by atoms with Gasteiger partial charge >= 0.3 is 0 Å². The molecule has 1 aliphatic carbocycles. The van der Waals surface area contributed by atoms with Crippen LogP contribution in [0.2, 0.25) is 0 Å². The number of carbonyl (C=O) groups excluding carboxylic acids is 1. The Morgan fingerprint density at radius 3 is 2.25 bits per heavy atom. The first-order valence-corrected chi connectivity index (χ1v) is 9.11. The van der Waals surface area contributed by atoms with Gasteiger partial charge in [-0.2, -0.15) is 0 Å². The zero-order chi connectivity index (χ0) is 17.0. The molecule has 0 saturated heterocycles. The molecule has 1 N–H and O–H groups in total. The molecular formula is C22H27NO. The molecule has 126 valence electrons. The van der Waals surface area contributed by atoms with Crippen molar-refractivity contribution in [2.24, 2.45) is 0 Å². The lowest BCUT2D eigenvalue weighted by Gasteiger charge is -2.30. The molecular weight excluding hydrogens is 294 g/mol. The van der Waals surface area contributed by atoms with Crippen molar-refractivity contribution >= 4 is 5.91 Å². The third-order valence-electron chi connectivity index (χ3n) is 5.45. The quantitative estimate of drug-likeness (QED) is 0.830. The Balaban J connectivity index is 1.78. The summed E-state index contributed by atoms with van der Waals surface area (Å²) in [4.78, 5) is 13.2. The highest BCUT2D eigenvalue weighted by atomic mass is 16.2. The Morgan fingerprint density at radius 2 is 1.67 bits per heavy atom. The van der Waals surface area contributed by atoms with E-state index in [0.717, 1.165) is 37.7 Å². The van der Waals surface area contributed by atoms with Crippen LogP contribution in [-0.2, 0) is 16.6 Å². The van der Waals surface area contributed by atoms with E-state index in [1.807, 2.05) is 18.2 Å². The fraction of sp³-hybridized carbons (Fsp3) is 0.409. The highest BCUT2D eigenvalue weighted by molar-refractivity contribution is 5.88. The number of hydrogen-bond donors (Lipinski definition) is 1. The molecule has 2 aromatic carbocycles. The minimum Gasteiger partial charge on any atom is -0.349 e. The van der Waals surface area contributed by atoms with E-state index in [0.29, 0.717) is 0 Å². The third kappa shape index (κ3) is 3.24. The SMILES string of the molecule is CCc1ccc(C(C)NC(=O)C2(c3ccccc3)CCCC2)cc1. The maximum atomic E-state index is 13.2. The number of amides is 1. The van der Waals surface area contributed by atoms with Crippen molar-refractivity contribution < 1.29 is 4.79 Å². The molecule has 1 saturated carbocycles. The van der Waals surface area contributed by atoms with Gasteiger partial charge in [-0.05, 0) is 42.9 Å². The Morgan fingerprint density at radius 1 is 1.04 bits per heavy atom. The number of hydrogen-bond acceptors (Lipinski definition) is 1. The minimum atomic E-state index is -0.348. The zero-order valence-corrected chi connectivity index (χ0v) is 14.7. The van der Waals surface area contributed by atoms with Gasteiger partial charge in [-0.25, -0.2) is 0 Å². The van der Waals surface area contributed by atoms with Gasteiger partial charge in [0.25, 0.3) is 0 Å². The van der Waals surface area contributed by atoms with Gasteiger partial charge in [0.15, 0.2) is 0 Å². The Hall–Kier alpha value is -2.09. The standard InChI is InChI=1S/C22H27NO/c1-3-18-11-13-19(14-12-18)17(2)23-21(24)22(15-7-8-16-22)20-9-5-4-6-10-20/h4-6,9-14,17H,3,7-8,15-16H2,1-2H3,(H,23,24). The van der Waals surface area contributed by atoms with Crippen molar-refractivity contribution in [1.29, 1.82) is 0 Å². The molecule has 0 aromatic heterocycles. The van der Waals surface area contributed by atoms with Crippen molar-refractivity contribution in [2.45, 2.75) is 57.4 Å². The van der Waals surface area contributed by atoms with Crippen LogP contribution in [0.4, 0.5) is 0 Å². The second-order valence-corrected chi connectivity index (χ2v) is 6.95. The van der Waals surface area contributed by atoms with Gasteiger partial charge in [0.05, 0.1) is 11.5 Å². The lowest BCUT2D eigenvalue weighted by atomic mass is 9.77. The van der Waals surface area contributed by atoms with Crippen LogP contribution in [0.1, 0.15) is 62.3 Å². The zero-order valence-electron chi connectivity index (χ0n) is 14.7. The predicted octanol–water partition coefficient (Wildman–Crippen LogP) is 4.94. The van der Waals surface area contributed by atoms with Crippen LogP contribution in [0.25, 0.3) is 0 Å². The van der Waals surface area contributed by atoms with E-state index < -0.39 is 0 Å². The van der Waals surface area contributed by atoms with Crippen LogP contribution in [-0.4, -0.2) is 5.91 Å². The van der Waals surface area contributed by atoms with E-state index in [4.69, 9.17) is 0 Å². The Labute approximate surface area is 145 Å². The van der Waals surface area contributed by atoms with Crippen LogP contribution >= 0.6 is 0 Å². The van der Waals surface area contributed by atoms with Crippen LogP contribution in [0, 0.1) is 0 Å². The largest absolute Gasteiger partial charge is 0.349 e. The lowest BCUT2D eigenvalue weighted by molar-refractivity contribution is -0.127. The summed E-state index contributed by atoms with van der Waals surface area (Å²) in [6.07, 6.45) is 5.19. The summed E-state index contributed by atoms with van der Waals surface area (Å²) in [6.45, 7) is 4.23. The highest BCUT2D eigenvalue weighted by Crippen LogP contribution is 2.41. The van der Waals surface area contributed by atoms with Crippen molar-refractivity contribution in [3.8, 4) is 0 Å². The van der Waals surface area contributed by atoms with E-state index in [1.54, 1.807) is 0 Å². The van der Waals surface area contributed by atoms with Crippen LogP contribution in [0.5, 0.6) is 0 Å². The first kappa shape index (κ1) is 16.8. The lowest BCUT2D eigenvalue weighted by Crippen LogP contribution is -2.43. The minimum absolute atomic E-state index is 0.0320. The number of aryl methyl sites for hydroxylation is 1. The van der Waals surface area contributed by atoms with Gasteiger partial charge in [0, 0.05) is 0 Å². The summed E-state index contributed by atoms with van der Waals surface area (Å²) >= 11 is 0. The topological polar surface area (TPSA) is 29.1 Å². The summed E-state index contributed by atoms with van der Waals surface area (Å²) in [6, 6.07) is 18.9. The first-order chi connectivity index (χ1) is 11.7. The number of rotatable bonds is 5. The molecule has 2 nitrogen and oxygen atoms in total. The molecule has 2 heteroatoms. The van der Waals surface area contributed by atoms with Crippen LogP contribution in [0.3, 0.4) is 0 Å². The Kier molecular flexibility index (Phi) is 5.03. The predicted molar refractivity (Wildman–Crippen MR) is 99.0 cm³/mol. The Bertz CT molecular complexity index is 669. The molecule has 1 unspecified atom stereocenters. The fourth-order valence-electron chi connectivity index (χ4n) is 3.84. The van der Waals surface area contributed by atoms with E-state index in [9.17, 15) is 4.79 Å². The summed E-state index contributed by atoms with van der Waals surface area (Å²) in [5.41, 5.74) is 3.31. The molecule has 0 spiro atoms. The van der Waals surface area contributed by atoms with Gasteiger partial charge in [-0.15, -0.1) is 0 Å². The van der Waals surface area contributed by atoms with E-state index in [1.165, 1.54) is 11.1 Å². The highest BCUT2D eigenvalue weighted by Gasteiger charge is 2.42. The normalized spacial score (nSPS) is 17.4. The first-order valence-electron chi connectivity index (χ1n) is 9.11. The smallest absolute Gasteiger partial charge is 0.231 e. The van der Waals surface area contributed by atoms with Gasteiger partial charge in [-0.3, -0.25) is 4.79 Å². The summed E-state index contributed by atoms with van der Waals surface area (Å²) < 4.78 is 0. The number of benzene rings is 2. The fourth-order valence-corrected chi connectivity index (χ4v) is 3.84. The van der Waals surface area contributed by atoms with Gasteiger partial charge in [0.1, 0.15) is 0 Å². The molecule has 0 heterocycles. The molecule has 1 fully saturated rings. The molecule has 2 aromatic rings. The van der Waals surface area contributed by atoms with E-state index >= 15 is 0 Å². The maximum Gasteiger partial charge on any atom is 0.231 e. The number of nitrogens with one attached hydrogen (secondary N) is 1. The summed E-state index contributed by atoms with van der Waals surface area (Å²) in [7, 11) is 0. The van der Waals surface area contributed by atoms with Gasteiger partial charge in [-0.1, -0.05) is 74.4 Å². The van der Waals surface area contributed by atoms with Crippen molar-refractivity contribution in [3.63, 3.8) is 0 Å². The maximum absolute atomic E-state index is 13.2. The van der Waals surface area contributed by atoms with E-state index in [-0.39, 0.29) is 17.4 Å². The molecule has 0 radical (unpaired) electrons.